The Bertz CT molecular complexity index is 1170. The topological polar surface area (TPSA) is 152 Å². The van der Waals surface area contributed by atoms with E-state index in [0.29, 0.717) is 11.1 Å². The van der Waals surface area contributed by atoms with Gasteiger partial charge in [0.15, 0.2) is 23.1 Å². The molecule has 0 spiro atoms. The van der Waals surface area contributed by atoms with E-state index in [-0.39, 0.29) is 30.2 Å². The van der Waals surface area contributed by atoms with Crippen LogP contribution < -0.4 is 10.6 Å². The number of urea groups is 1. The van der Waals surface area contributed by atoms with Gasteiger partial charge < -0.3 is 20.3 Å². The monoisotopic (exact) mass is 466 g/mol. The van der Waals surface area contributed by atoms with Gasteiger partial charge in [-0.05, 0) is 25.0 Å². The summed E-state index contributed by atoms with van der Waals surface area (Å²) in [5, 5.41) is 35.2. The van der Waals surface area contributed by atoms with Gasteiger partial charge in [-0.15, -0.1) is 0 Å². The van der Waals surface area contributed by atoms with Crippen LogP contribution in [0.25, 0.3) is 0 Å². The number of ether oxygens (including phenoxy) is 1. The van der Waals surface area contributed by atoms with Gasteiger partial charge in [0.05, 0.1) is 6.67 Å². The molecular formula is C24H26N4O6. The molecule has 4 atom stereocenters. The van der Waals surface area contributed by atoms with Crippen LogP contribution in [0.5, 0.6) is 0 Å². The van der Waals surface area contributed by atoms with Crippen molar-refractivity contribution in [1.82, 2.24) is 15.5 Å². The fourth-order valence-electron chi connectivity index (χ4n) is 4.35. The lowest BCUT2D eigenvalue weighted by atomic mass is 9.81. The first-order valence-electron chi connectivity index (χ1n) is 10.8. The van der Waals surface area contributed by atoms with Gasteiger partial charge in [-0.1, -0.05) is 48.5 Å². The molecule has 2 aromatic carbocycles. The fraction of sp³-hybridized carbons (Fsp3) is 0.333. The number of guanidine groups is 1. The quantitative estimate of drug-likeness (QED) is 0.400. The SMILES string of the molecule is Cc1ccccc1C(=O)C(O)[C@H]1O[C@@H](N2CNC(=N)NC2=O)C[C@@]1(O)C(=O)c1ccccc1C. The van der Waals surface area contributed by atoms with Crippen molar-refractivity contribution < 1.29 is 29.3 Å². The zero-order valence-corrected chi connectivity index (χ0v) is 18.7. The molecule has 5 N–H and O–H groups in total. The molecule has 0 saturated carbocycles. The number of benzene rings is 2. The van der Waals surface area contributed by atoms with Crippen molar-refractivity contribution in [2.75, 3.05) is 6.67 Å². The number of Topliss-reactive ketones (excluding diaryl/α,β-unsaturated/α-hetero) is 2. The van der Waals surface area contributed by atoms with Crippen LogP contribution in [0.15, 0.2) is 48.5 Å². The number of amides is 2. The summed E-state index contributed by atoms with van der Waals surface area (Å²) in [6.07, 6.45) is -5.01. The Morgan fingerprint density at radius 1 is 1.12 bits per heavy atom. The molecule has 2 aliphatic heterocycles. The molecule has 1 unspecified atom stereocenters. The van der Waals surface area contributed by atoms with Gasteiger partial charge in [-0.25, -0.2) is 4.79 Å². The minimum Gasteiger partial charge on any atom is -0.382 e. The van der Waals surface area contributed by atoms with Crippen molar-refractivity contribution >= 4 is 23.6 Å². The molecule has 4 rings (SSSR count). The molecule has 10 heteroatoms. The third kappa shape index (κ3) is 4.07. The average molecular weight is 466 g/mol. The second-order valence-corrected chi connectivity index (χ2v) is 8.52. The highest BCUT2D eigenvalue weighted by molar-refractivity contribution is 6.06. The Kier molecular flexibility index (Phi) is 6.22. The largest absolute Gasteiger partial charge is 0.382 e. The van der Waals surface area contributed by atoms with E-state index < -0.39 is 41.6 Å². The van der Waals surface area contributed by atoms with Gasteiger partial charge in [0.2, 0.25) is 0 Å². The average Bonchev–Trinajstić information content (AvgIpc) is 3.16. The highest BCUT2D eigenvalue weighted by atomic mass is 16.6. The molecular weight excluding hydrogens is 440 g/mol. The normalized spacial score (nSPS) is 25.5. The van der Waals surface area contributed by atoms with Gasteiger partial charge in [-0.2, -0.15) is 0 Å². The minimum absolute atomic E-state index is 0.113. The second kappa shape index (κ2) is 8.98. The number of aryl methyl sites for hydroxylation is 2. The van der Waals surface area contributed by atoms with E-state index in [4.69, 9.17) is 10.1 Å². The highest BCUT2D eigenvalue weighted by Crippen LogP contribution is 2.38. The Morgan fingerprint density at radius 3 is 2.29 bits per heavy atom. The highest BCUT2D eigenvalue weighted by Gasteiger charge is 2.59. The number of ketones is 2. The van der Waals surface area contributed by atoms with E-state index in [1.54, 1.807) is 62.4 Å². The molecule has 34 heavy (non-hydrogen) atoms. The molecule has 178 valence electrons. The van der Waals surface area contributed by atoms with Crippen molar-refractivity contribution in [3.63, 3.8) is 0 Å². The lowest BCUT2D eigenvalue weighted by Gasteiger charge is -2.33. The summed E-state index contributed by atoms with van der Waals surface area (Å²) in [5.41, 5.74) is -0.613. The molecule has 0 bridgehead atoms. The Labute approximate surface area is 196 Å². The van der Waals surface area contributed by atoms with Crippen molar-refractivity contribution in [3.05, 3.63) is 70.8 Å². The van der Waals surface area contributed by atoms with Crippen LogP contribution in [0.1, 0.15) is 38.3 Å². The maximum Gasteiger partial charge on any atom is 0.327 e. The minimum atomic E-state index is -2.29. The van der Waals surface area contributed by atoms with Crippen molar-refractivity contribution in [3.8, 4) is 0 Å². The van der Waals surface area contributed by atoms with Crippen LogP contribution in [-0.4, -0.2) is 69.4 Å². The number of nitrogens with zero attached hydrogens (tertiary/aromatic N) is 1. The lowest BCUT2D eigenvalue weighted by molar-refractivity contribution is -0.101. The van der Waals surface area contributed by atoms with E-state index in [0.717, 1.165) is 4.90 Å². The van der Waals surface area contributed by atoms with Crippen LogP contribution in [-0.2, 0) is 4.74 Å². The molecule has 2 aliphatic rings. The van der Waals surface area contributed by atoms with E-state index in [1.165, 1.54) is 0 Å². The Hall–Kier alpha value is -3.60. The number of carbonyl (C=O) groups is 3. The van der Waals surface area contributed by atoms with Crippen LogP contribution in [0.3, 0.4) is 0 Å². The molecule has 2 fully saturated rings. The van der Waals surface area contributed by atoms with Crippen LogP contribution in [0.2, 0.25) is 0 Å². The third-order valence-electron chi connectivity index (χ3n) is 6.28. The maximum absolute atomic E-state index is 13.6. The molecule has 0 aliphatic carbocycles. The third-order valence-corrected chi connectivity index (χ3v) is 6.28. The number of carbonyl (C=O) groups excluding carboxylic acids is 3. The van der Waals surface area contributed by atoms with E-state index in [9.17, 15) is 24.6 Å². The summed E-state index contributed by atoms with van der Waals surface area (Å²) >= 11 is 0. The van der Waals surface area contributed by atoms with Gasteiger partial charge in [-0.3, -0.25) is 25.2 Å². The molecule has 10 nitrogen and oxygen atoms in total. The Morgan fingerprint density at radius 2 is 1.71 bits per heavy atom. The van der Waals surface area contributed by atoms with Crippen LogP contribution in [0.4, 0.5) is 4.79 Å². The van der Waals surface area contributed by atoms with Gasteiger partial charge in [0.1, 0.15) is 18.4 Å². The first kappa shape index (κ1) is 23.6. The molecule has 0 radical (unpaired) electrons. The summed E-state index contributed by atoms with van der Waals surface area (Å²) in [5.74, 6) is -1.62. The predicted octanol–water partition coefficient (Wildman–Crippen LogP) is 1.08. The number of aliphatic hydroxyl groups excluding tert-OH is 1. The van der Waals surface area contributed by atoms with Crippen molar-refractivity contribution in [2.24, 2.45) is 0 Å². The first-order chi connectivity index (χ1) is 16.1. The lowest BCUT2D eigenvalue weighted by Crippen LogP contribution is -2.60. The summed E-state index contributed by atoms with van der Waals surface area (Å²) < 4.78 is 5.86. The Balaban J connectivity index is 1.71. The summed E-state index contributed by atoms with van der Waals surface area (Å²) in [6.45, 7) is 3.31. The standard InChI is InChI=1S/C24H26N4O6/c1-13-7-3-5-9-15(13)18(29)19(30)21-24(33,20(31)16-10-6-4-8-14(16)2)11-17(34-21)28-12-26-22(25)27-23(28)32/h3-10,17,19,21,30,33H,11-12H2,1-2H3,(H3,25,26,27,32)/t17-,19?,21-,24-/m1/s1. The smallest absolute Gasteiger partial charge is 0.327 e. The number of rotatable bonds is 6. The van der Waals surface area contributed by atoms with Gasteiger partial charge in [0.25, 0.3) is 0 Å². The van der Waals surface area contributed by atoms with E-state index in [1.807, 2.05) is 0 Å². The van der Waals surface area contributed by atoms with Gasteiger partial charge in [0, 0.05) is 17.5 Å². The second-order valence-electron chi connectivity index (χ2n) is 8.52. The summed E-state index contributed by atoms with van der Waals surface area (Å²) in [4.78, 5) is 40.3. The molecule has 0 aromatic heterocycles. The molecule has 2 saturated heterocycles. The predicted molar refractivity (Wildman–Crippen MR) is 121 cm³/mol. The molecule has 2 amide bonds. The van der Waals surface area contributed by atoms with Crippen molar-refractivity contribution in [1.29, 1.82) is 5.41 Å². The molecule has 2 heterocycles. The summed E-state index contributed by atoms with van der Waals surface area (Å²) in [6, 6.07) is 12.6. The zero-order chi connectivity index (χ0) is 24.6. The van der Waals surface area contributed by atoms with Crippen molar-refractivity contribution in [2.45, 2.75) is 44.3 Å². The number of hydrogen-bond donors (Lipinski definition) is 5. The number of aliphatic hydroxyl groups is 2. The fourth-order valence-corrected chi connectivity index (χ4v) is 4.35. The maximum atomic E-state index is 13.6. The number of nitrogens with one attached hydrogen (secondary N) is 3. The van der Waals surface area contributed by atoms with Crippen LogP contribution >= 0.6 is 0 Å². The van der Waals surface area contributed by atoms with E-state index in [2.05, 4.69) is 10.6 Å². The van der Waals surface area contributed by atoms with Gasteiger partial charge >= 0.3 is 6.03 Å². The summed E-state index contributed by atoms with van der Waals surface area (Å²) in [7, 11) is 0. The van der Waals surface area contributed by atoms with E-state index >= 15 is 0 Å². The first-order valence-corrected chi connectivity index (χ1v) is 10.8. The van der Waals surface area contributed by atoms with Crippen LogP contribution in [0, 0.1) is 19.3 Å². The number of hydrogen-bond acceptors (Lipinski definition) is 7. The zero-order valence-electron chi connectivity index (χ0n) is 18.7. The molecule has 2 aromatic rings.